The number of nitrogens with zero attached hydrogens (tertiary/aromatic N) is 3. The van der Waals surface area contributed by atoms with E-state index in [2.05, 4.69) is 16.3 Å². The minimum absolute atomic E-state index is 0.0274. The first-order valence-corrected chi connectivity index (χ1v) is 7.64. The zero-order valence-corrected chi connectivity index (χ0v) is 13.4. The average Bonchev–Trinajstić information content (AvgIpc) is 2.82. The lowest BCUT2D eigenvalue weighted by molar-refractivity contribution is -0.128. The van der Waals surface area contributed by atoms with Gasteiger partial charge in [-0.1, -0.05) is 54.6 Å². The Labute approximate surface area is 136 Å². The lowest BCUT2D eigenvalue weighted by Gasteiger charge is -2.15. The smallest absolute Gasteiger partial charge is 0.228 e. The highest BCUT2D eigenvalue weighted by molar-refractivity contribution is 5.80. The van der Waals surface area contributed by atoms with Crippen molar-refractivity contribution in [2.24, 2.45) is 0 Å². The van der Waals surface area contributed by atoms with Crippen molar-refractivity contribution in [2.75, 3.05) is 14.1 Å². The fourth-order valence-corrected chi connectivity index (χ4v) is 2.61. The molecule has 4 nitrogen and oxygen atoms in total. The second-order valence-electron chi connectivity index (χ2n) is 5.71. The normalized spacial score (nSPS) is 12.6. The molecule has 0 saturated carbocycles. The summed E-state index contributed by atoms with van der Waals surface area (Å²) in [6.07, 6.45) is 9.19. The molecular weight excluding hydrogens is 286 g/mol. The maximum atomic E-state index is 12.1. The summed E-state index contributed by atoms with van der Waals surface area (Å²) in [4.78, 5) is 13.6. The van der Waals surface area contributed by atoms with Gasteiger partial charge in [0.1, 0.15) is 0 Å². The van der Waals surface area contributed by atoms with Crippen molar-refractivity contribution in [3.05, 3.63) is 65.4 Å². The van der Waals surface area contributed by atoms with E-state index in [4.69, 9.17) is 0 Å². The highest BCUT2D eigenvalue weighted by atomic mass is 16.2. The van der Waals surface area contributed by atoms with Gasteiger partial charge < -0.3 is 4.90 Å². The molecule has 1 aromatic heterocycles. The van der Waals surface area contributed by atoms with Crippen LogP contribution in [0.3, 0.4) is 0 Å². The minimum Gasteiger partial charge on any atom is -0.348 e. The quantitative estimate of drug-likeness (QED) is 0.876. The van der Waals surface area contributed by atoms with Crippen molar-refractivity contribution < 1.29 is 4.79 Å². The number of carbonyl (C=O) groups is 1. The summed E-state index contributed by atoms with van der Waals surface area (Å²) in [5.74, 6) is 0.0274. The summed E-state index contributed by atoms with van der Waals surface area (Å²) < 4.78 is 0. The molecule has 0 unspecified atom stereocenters. The number of rotatable bonds is 3. The standard InChI is InChI=1S/C19H19N3O/c1-22(2)18(23)13-17-15-11-7-4-8-12-16(15)19(21-20-17)14-9-5-3-6-10-14/h3-11H,12-13H2,1-2H3. The molecule has 1 amide bonds. The SMILES string of the molecule is CN(C)C(=O)Cc1nnc(-c2ccccc2)c2c1C=CC=CC2. The van der Waals surface area contributed by atoms with Crippen molar-refractivity contribution in [1.82, 2.24) is 15.1 Å². The first-order chi connectivity index (χ1) is 11.2. The van der Waals surface area contributed by atoms with Gasteiger partial charge in [0.25, 0.3) is 0 Å². The topological polar surface area (TPSA) is 46.1 Å². The van der Waals surface area contributed by atoms with Gasteiger partial charge in [-0.25, -0.2) is 0 Å². The highest BCUT2D eigenvalue weighted by Crippen LogP contribution is 2.28. The van der Waals surface area contributed by atoms with Crippen LogP contribution in [-0.4, -0.2) is 35.1 Å². The molecule has 0 N–H and O–H groups in total. The van der Waals surface area contributed by atoms with Crippen LogP contribution in [0.5, 0.6) is 0 Å². The lowest BCUT2D eigenvalue weighted by atomic mass is 9.97. The fourth-order valence-electron chi connectivity index (χ4n) is 2.61. The van der Waals surface area contributed by atoms with Crippen LogP contribution in [0.15, 0.2) is 48.6 Å². The fraction of sp³-hybridized carbons (Fsp3) is 0.211. The third-order valence-electron chi connectivity index (χ3n) is 3.89. The Morgan fingerprint density at radius 2 is 1.91 bits per heavy atom. The summed E-state index contributed by atoms with van der Waals surface area (Å²) in [7, 11) is 3.51. The van der Waals surface area contributed by atoms with E-state index in [1.54, 1.807) is 19.0 Å². The van der Waals surface area contributed by atoms with Crippen molar-refractivity contribution in [2.45, 2.75) is 12.8 Å². The molecule has 0 atom stereocenters. The summed E-state index contributed by atoms with van der Waals surface area (Å²) in [5.41, 5.74) is 4.80. The third kappa shape index (κ3) is 3.21. The zero-order chi connectivity index (χ0) is 16.2. The number of benzene rings is 1. The molecule has 2 aromatic rings. The first-order valence-electron chi connectivity index (χ1n) is 7.64. The van der Waals surface area contributed by atoms with E-state index in [0.717, 1.165) is 34.5 Å². The molecule has 23 heavy (non-hydrogen) atoms. The highest BCUT2D eigenvalue weighted by Gasteiger charge is 2.18. The Bertz CT molecular complexity index is 777. The van der Waals surface area contributed by atoms with Gasteiger partial charge in [0.05, 0.1) is 17.8 Å². The number of hydrogen-bond donors (Lipinski definition) is 0. The molecule has 1 aliphatic rings. The molecule has 0 radical (unpaired) electrons. The van der Waals surface area contributed by atoms with Crippen LogP contribution in [0.25, 0.3) is 17.3 Å². The van der Waals surface area contributed by atoms with E-state index < -0.39 is 0 Å². The Hall–Kier alpha value is -2.75. The summed E-state index contributed by atoms with van der Waals surface area (Å²) in [6, 6.07) is 10.0. The Morgan fingerprint density at radius 1 is 1.13 bits per heavy atom. The summed E-state index contributed by atoms with van der Waals surface area (Å²) in [6.45, 7) is 0. The van der Waals surface area contributed by atoms with Crippen LogP contribution >= 0.6 is 0 Å². The van der Waals surface area contributed by atoms with E-state index in [0.29, 0.717) is 0 Å². The van der Waals surface area contributed by atoms with Crippen LogP contribution in [0, 0.1) is 0 Å². The maximum absolute atomic E-state index is 12.1. The van der Waals surface area contributed by atoms with E-state index in [-0.39, 0.29) is 12.3 Å². The second kappa shape index (κ2) is 6.57. The molecule has 116 valence electrons. The van der Waals surface area contributed by atoms with Gasteiger partial charge in [-0.05, 0) is 12.0 Å². The van der Waals surface area contributed by atoms with E-state index in [9.17, 15) is 4.79 Å². The molecule has 0 saturated heterocycles. The zero-order valence-electron chi connectivity index (χ0n) is 13.4. The average molecular weight is 305 g/mol. The van der Waals surface area contributed by atoms with Gasteiger partial charge >= 0.3 is 0 Å². The molecule has 0 spiro atoms. The Kier molecular flexibility index (Phi) is 4.33. The second-order valence-corrected chi connectivity index (χ2v) is 5.71. The number of amides is 1. The third-order valence-corrected chi connectivity index (χ3v) is 3.89. The predicted octanol–water partition coefficient (Wildman–Crippen LogP) is 2.90. The van der Waals surface area contributed by atoms with Crippen molar-refractivity contribution >= 4 is 12.0 Å². The van der Waals surface area contributed by atoms with Gasteiger partial charge in [0.2, 0.25) is 5.91 Å². The van der Waals surface area contributed by atoms with E-state index in [1.807, 2.05) is 48.6 Å². The monoisotopic (exact) mass is 305 g/mol. The summed E-state index contributed by atoms with van der Waals surface area (Å²) in [5, 5.41) is 8.78. The number of fused-ring (bicyclic) bond motifs is 1. The minimum atomic E-state index is 0.0274. The predicted molar refractivity (Wildman–Crippen MR) is 91.7 cm³/mol. The number of likely N-dealkylation sites (N-methyl/N-ethyl adjacent to an activating group) is 1. The molecule has 1 aromatic carbocycles. The number of allylic oxidation sites excluding steroid dienone is 3. The van der Waals surface area contributed by atoms with Crippen LogP contribution in [-0.2, 0) is 17.6 Å². The van der Waals surface area contributed by atoms with Crippen LogP contribution in [0.4, 0.5) is 0 Å². The largest absolute Gasteiger partial charge is 0.348 e. The molecule has 4 heteroatoms. The molecule has 1 aliphatic carbocycles. The van der Waals surface area contributed by atoms with Crippen molar-refractivity contribution in [1.29, 1.82) is 0 Å². The number of aromatic nitrogens is 2. The molecule has 0 fully saturated rings. The van der Waals surface area contributed by atoms with Gasteiger partial charge in [-0.15, -0.1) is 5.10 Å². The van der Waals surface area contributed by atoms with Crippen LogP contribution in [0.2, 0.25) is 0 Å². The molecule has 1 heterocycles. The maximum Gasteiger partial charge on any atom is 0.228 e. The molecule has 0 aliphatic heterocycles. The lowest BCUT2D eigenvalue weighted by Crippen LogP contribution is -2.24. The van der Waals surface area contributed by atoms with Gasteiger partial charge in [-0.3, -0.25) is 4.79 Å². The molecular formula is C19H19N3O. The first kappa shape index (κ1) is 15.2. The van der Waals surface area contributed by atoms with Gasteiger partial charge in [0, 0.05) is 25.2 Å². The molecule has 3 rings (SSSR count). The van der Waals surface area contributed by atoms with Gasteiger partial charge in [0.15, 0.2) is 0 Å². The van der Waals surface area contributed by atoms with Crippen molar-refractivity contribution in [3.63, 3.8) is 0 Å². The Balaban J connectivity index is 2.10. The van der Waals surface area contributed by atoms with E-state index in [1.165, 1.54) is 0 Å². The molecule has 0 bridgehead atoms. The Morgan fingerprint density at radius 3 is 2.65 bits per heavy atom. The number of hydrogen-bond acceptors (Lipinski definition) is 3. The number of carbonyl (C=O) groups excluding carboxylic acids is 1. The van der Waals surface area contributed by atoms with Crippen molar-refractivity contribution in [3.8, 4) is 11.3 Å². The van der Waals surface area contributed by atoms with E-state index >= 15 is 0 Å². The van der Waals surface area contributed by atoms with Crippen LogP contribution < -0.4 is 0 Å². The van der Waals surface area contributed by atoms with Gasteiger partial charge in [-0.2, -0.15) is 5.10 Å². The van der Waals surface area contributed by atoms with Crippen LogP contribution in [0.1, 0.15) is 16.8 Å². The summed E-state index contributed by atoms with van der Waals surface area (Å²) >= 11 is 0.